The molecule has 220 valence electrons. The Bertz CT molecular complexity index is 1460. The van der Waals surface area contributed by atoms with Gasteiger partial charge in [-0.25, -0.2) is 0 Å². The van der Waals surface area contributed by atoms with Crippen LogP contribution in [0.5, 0.6) is 0 Å². The average molecular weight is 587 g/mol. The Morgan fingerprint density at radius 2 is 1.79 bits per heavy atom. The SMILES string of the molecule is Cc1ccc(C)c(N2CC=C[C@]34S[C@]5(C)/C=C\CCCCOC(=O)[C@@H]5[C@H]3C(=O)N([C@H](CO)c3ccccc3)C4C2=O)c1. The highest BCUT2D eigenvalue weighted by atomic mass is 32.2. The van der Waals surface area contributed by atoms with Crippen molar-refractivity contribution < 1.29 is 24.2 Å². The van der Waals surface area contributed by atoms with Crippen LogP contribution >= 0.6 is 11.8 Å². The molecule has 1 N–H and O–H groups in total. The van der Waals surface area contributed by atoms with Crippen LogP contribution in [0.1, 0.15) is 48.9 Å². The van der Waals surface area contributed by atoms with Gasteiger partial charge in [0.05, 0.1) is 35.8 Å². The maximum atomic E-state index is 14.9. The smallest absolute Gasteiger partial charge is 0.311 e. The van der Waals surface area contributed by atoms with Gasteiger partial charge in [0, 0.05) is 17.0 Å². The molecule has 2 aromatic carbocycles. The van der Waals surface area contributed by atoms with Crippen LogP contribution in [0.15, 0.2) is 72.8 Å². The van der Waals surface area contributed by atoms with Crippen LogP contribution < -0.4 is 4.90 Å². The van der Waals surface area contributed by atoms with Gasteiger partial charge < -0.3 is 19.6 Å². The van der Waals surface area contributed by atoms with Crippen LogP contribution in [0.25, 0.3) is 0 Å². The minimum atomic E-state index is -1.03. The largest absolute Gasteiger partial charge is 0.465 e. The molecule has 6 atom stereocenters. The predicted molar refractivity (Wildman–Crippen MR) is 164 cm³/mol. The van der Waals surface area contributed by atoms with Crippen molar-refractivity contribution in [2.24, 2.45) is 11.8 Å². The van der Waals surface area contributed by atoms with Crippen LogP contribution in [0, 0.1) is 25.7 Å². The van der Waals surface area contributed by atoms with Gasteiger partial charge in [0.25, 0.3) is 5.91 Å². The fourth-order valence-corrected chi connectivity index (χ4v) is 9.47. The number of aliphatic hydroxyl groups excluding tert-OH is 1. The lowest BCUT2D eigenvalue weighted by Gasteiger charge is -2.40. The summed E-state index contributed by atoms with van der Waals surface area (Å²) in [5.41, 5.74) is 3.52. The van der Waals surface area contributed by atoms with Crippen molar-refractivity contribution >= 4 is 35.2 Å². The molecule has 7 nitrogen and oxygen atoms in total. The first-order chi connectivity index (χ1) is 20.2. The molecule has 42 heavy (non-hydrogen) atoms. The molecule has 2 aromatic rings. The number of benzene rings is 2. The zero-order valence-corrected chi connectivity index (χ0v) is 25.2. The van der Waals surface area contributed by atoms with Crippen LogP contribution in [0.4, 0.5) is 5.69 Å². The Labute approximate surface area is 251 Å². The second-order valence-corrected chi connectivity index (χ2v) is 13.8. The van der Waals surface area contributed by atoms with E-state index in [0.717, 1.165) is 41.6 Å². The topological polar surface area (TPSA) is 87.2 Å². The number of fused-ring (bicyclic) bond motifs is 2. The molecule has 1 unspecified atom stereocenters. The molecular weight excluding hydrogens is 548 g/mol. The van der Waals surface area contributed by atoms with Gasteiger partial charge in [-0.2, -0.15) is 0 Å². The first kappa shape index (κ1) is 28.7. The number of rotatable bonds is 4. The summed E-state index contributed by atoms with van der Waals surface area (Å²) >= 11 is 1.53. The first-order valence-corrected chi connectivity index (χ1v) is 15.6. The molecule has 2 saturated heterocycles. The molecule has 0 radical (unpaired) electrons. The van der Waals surface area contributed by atoms with Crippen molar-refractivity contribution in [2.45, 2.75) is 61.6 Å². The van der Waals surface area contributed by atoms with Crippen molar-refractivity contribution in [1.82, 2.24) is 4.90 Å². The summed E-state index contributed by atoms with van der Waals surface area (Å²) in [5, 5.41) is 10.8. The number of nitrogens with zero attached hydrogens (tertiary/aromatic N) is 2. The number of aliphatic hydroxyl groups is 1. The van der Waals surface area contributed by atoms with E-state index in [9.17, 15) is 19.5 Å². The number of ether oxygens (including phenoxy) is 1. The van der Waals surface area contributed by atoms with Gasteiger partial charge in [-0.15, -0.1) is 11.8 Å². The molecule has 2 fully saturated rings. The van der Waals surface area contributed by atoms with Gasteiger partial charge in [-0.1, -0.05) is 66.8 Å². The van der Waals surface area contributed by atoms with Gasteiger partial charge in [0.2, 0.25) is 5.91 Å². The predicted octanol–water partition coefficient (Wildman–Crippen LogP) is 4.91. The molecule has 6 rings (SSSR count). The van der Waals surface area contributed by atoms with Crippen LogP contribution in [-0.2, 0) is 19.1 Å². The fraction of sp³-hybridized carbons (Fsp3) is 0.441. The second kappa shape index (κ2) is 11.0. The highest BCUT2D eigenvalue weighted by Gasteiger charge is 2.74. The van der Waals surface area contributed by atoms with Gasteiger partial charge in [0.15, 0.2) is 0 Å². The molecule has 8 heteroatoms. The number of hydrogen-bond acceptors (Lipinski definition) is 6. The number of carbonyl (C=O) groups is 3. The number of hydrogen-bond donors (Lipinski definition) is 1. The number of aryl methyl sites for hydroxylation is 2. The number of allylic oxidation sites excluding steroid dienone is 1. The summed E-state index contributed by atoms with van der Waals surface area (Å²) in [4.78, 5) is 46.9. The van der Waals surface area contributed by atoms with Gasteiger partial charge in [-0.3, -0.25) is 14.4 Å². The van der Waals surface area contributed by atoms with E-state index in [4.69, 9.17) is 4.74 Å². The molecule has 0 aromatic heterocycles. The minimum absolute atomic E-state index is 0.212. The summed E-state index contributed by atoms with van der Waals surface area (Å²) in [5.74, 6) is -2.52. The third-order valence-electron chi connectivity index (χ3n) is 9.29. The average Bonchev–Trinajstić information content (AvgIpc) is 3.30. The van der Waals surface area contributed by atoms with Crippen molar-refractivity contribution in [1.29, 1.82) is 0 Å². The van der Waals surface area contributed by atoms with Gasteiger partial charge >= 0.3 is 5.97 Å². The summed E-state index contributed by atoms with van der Waals surface area (Å²) in [6, 6.07) is 13.7. The standard InChI is InChI=1S/C34H38N2O5S/c1-22-14-15-23(2)25(20-22)35-18-11-17-34-27(28-32(40)41-19-10-5-4-9-16-33(28,3)42-34)30(38)36(29(34)31(35)39)26(21-37)24-12-7-6-8-13-24/h6-9,11-17,20,26-29,37H,4-5,10,18-19,21H2,1-3H3/b16-9-/t26-,27+,28+,29?,33-,34+/m1/s1. The summed E-state index contributed by atoms with van der Waals surface area (Å²) in [6.45, 7) is 6.26. The van der Waals surface area contributed by atoms with Crippen molar-refractivity contribution in [3.05, 3.63) is 89.5 Å². The Balaban J connectivity index is 1.55. The molecular formula is C34H38N2O5S. The van der Waals surface area contributed by atoms with E-state index >= 15 is 0 Å². The van der Waals surface area contributed by atoms with Crippen LogP contribution in [-0.4, -0.2) is 63.1 Å². The van der Waals surface area contributed by atoms with Gasteiger partial charge in [-0.05, 0) is 62.8 Å². The lowest BCUT2D eigenvalue weighted by atomic mass is 9.74. The lowest BCUT2D eigenvalue weighted by molar-refractivity contribution is -0.154. The van der Waals surface area contributed by atoms with E-state index in [2.05, 4.69) is 12.2 Å². The highest BCUT2D eigenvalue weighted by Crippen LogP contribution is 2.66. The van der Waals surface area contributed by atoms with Gasteiger partial charge in [0.1, 0.15) is 6.04 Å². The highest BCUT2D eigenvalue weighted by molar-refractivity contribution is 8.02. The van der Waals surface area contributed by atoms with E-state index in [0.29, 0.717) is 13.2 Å². The number of carbonyl (C=O) groups excluding carboxylic acids is 3. The Morgan fingerprint density at radius 1 is 1.00 bits per heavy atom. The van der Waals surface area contributed by atoms with Crippen molar-refractivity contribution in [3.8, 4) is 0 Å². The Morgan fingerprint density at radius 3 is 2.55 bits per heavy atom. The Kier molecular flexibility index (Phi) is 7.56. The number of cyclic esters (lactones) is 1. The molecule has 4 aliphatic rings. The van der Waals surface area contributed by atoms with E-state index in [1.807, 2.05) is 81.5 Å². The Hall–Kier alpha value is -3.36. The summed E-state index contributed by atoms with van der Waals surface area (Å²) in [6.07, 6.45) is 10.7. The van der Waals surface area contributed by atoms with Crippen LogP contribution in [0.3, 0.4) is 0 Å². The summed E-state index contributed by atoms with van der Waals surface area (Å²) < 4.78 is 4.01. The minimum Gasteiger partial charge on any atom is -0.465 e. The number of thioether (sulfide) groups is 1. The number of amides is 2. The van der Waals surface area contributed by atoms with Crippen LogP contribution in [0.2, 0.25) is 0 Å². The van der Waals surface area contributed by atoms with E-state index < -0.39 is 39.4 Å². The molecule has 0 bridgehead atoms. The zero-order valence-electron chi connectivity index (χ0n) is 24.4. The molecule has 2 amide bonds. The molecule has 1 spiro atoms. The molecule has 4 aliphatic heterocycles. The third-order valence-corrected chi connectivity index (χ3v) is 11.1. The molecule has 0 aliphatic carbocycles. The maximum Gasteiger partial charge on any atom is 0.311 e. The monoisotopic (exact) mass is 586 g/mol. The molecule has 4 heterocycles. The number of anilines is 1. The summed E-state index contributed by atoms with van der Waals surface area (Å²) in [7, 11) is 0. The van der Waals surface area contributed by atoms with E-state index in [1.165, 1.54) is 11.8 Å². The third kappa shape index (κ3) is 4.51. The molecule has 0 saturated carbocycles. The number of likely N-dealkylation sites (tertiary alicyclic amines) is 1. The first-order valence-electron chi connectivity index (χ1n) is 14.8. The van der Waals surface area contributed by atoms with Crippen molar-refractivity contribution in [2.75, 3.05) is 24.7 Å². The zero-order chi connectivity index (χ0) is 29.6. The number of esters is 1. The van der Waals surface area contributed by atoms with E-state index in [1.54, 1.807) is 9.80 Å². The normalized spacial score (nSPS) is 32.5. The van der Waals surface area contributed by atoms with Crippen molar-refractivity contribution in [3.63, 3.8) is 0 Å². The van der Waals surface area contributed by atoms with E-state index in [-0.39, 0.29) is 18.4 Å². The maximum absolute atomic E-state index is 14.9. The lowest BCUT2D eigenvalue weighted by Crippen LogP contribution is -2.54. The second-order valence-electron chi connectivity index (χ2n) is 12.1. The quantitative estimate of drug-likeness (QED) is 0.405. The fourth-order valence-electron chi connectivity index (χ4n) is 7.33.